The first-order valence-corrected chi connectivity index (χ1v) is 9.60. The number of benzene rings is 3. The number of rotatable bonds is 1. The van der Waals surface area contributed by atoms with E-state index in [-0.39, 0.29) is 11.2 Å². The van der Waals surface area contributed by atoms with Crippen LogP contribution in [-0.2, 0) is 5.31 Å². The van der Waals surface area contributed by atoms with E-state index in [0.29, 0.717) is 0 Å². The Hall–Kier alpha value is -2.02. The van der Waals surface area contributed by atoms with Crippen LogP contribution >= 0.6 is 0 Å². The van der Waals surface area contributed by atoms with Crippen LogP contribution in [0.5, 0.6) is 0 Å². The molecule has 0 saturated carbocycles. The Balaban J connectivity index is 1.79. The Morgan fingerprint density at radius 2 is 1.30 bits per heavy atom. The second-order valence-corrected chi connectivity index (χ2v) is 8.06. The van der Waals surface area contributed by atoms with Gasteiger partial charge in [-0.3, -0.25) is 0 Å². The Labute approximate surface area is 165 Å². The predicted octanol–water partition coefficient (Wildman–Crippen LogP) is -0.484. The molecule has 2 atom stereocenters. The third-order valence-electron chi connectivity index (χ3n) is 6.69. The summed E-state index contributed by atoms with van der Waals surface area (Å²) in [6, 6.07) is 19.3. The number of hydrogen-bond acceptors (Lipinski definition) is 0. The molecule has 0 unspecified atom stereocenters. The van der Waals surface area contributed by atoms with Crippen LogP contribution in [-0.4, -0.2) is 37.5 Å². The summed E-state index contributed by atoms with van der Waals surface area (Å²) in [5.74, 6) is 0.0647. The second-order valence-electron chi connectivity index (χ2n) is 8.06. The summed E-state index contributed by atoms with van der Waals surface area (Å²) in [5.41, 5.74) is 10.8. The minimum absolute atomic E-state index is 0.0293. The van der Waals surface area contributed by atoms with E-state index in [1.165, 1.54) is 33.1 Å². The van der Waals surface area contributed by atoms with E-state index in [2.05, 4.69) is 58.2 Å². The quantitative estimate of drug-likeness (QED) is 0.528. The Morgan fingerprint density at radius 3 is 2.04 bits per heavy atom. The van der Waals surface area contributed by atoms with Crippen molar-refractivity contribution in [3.8, 4) is 0 Å². The first-order valence-electron chi connectivity index (χ1n) is 9.60. The van der Waals surface area contributed by atoms with E-state index in [0.717, 1.165) is 29.1 Å². The Morgan fingerprint density at radius 1 is 0.704 bits per heavy atom. The van der Waals surface area contributed by atoms with Crippen molar-refractivity contribution < 1.29 is 0 Å². The molecule has 0 N–H and O–H groups in total. The van der Waals surface area contributed by atoms with E-state index in [4.69, 9.17) is 15.7 Å². The molecule has 0 fully saturated rings. The van der Waals surface area contributed by atoms with Gasteiger partial charge in [-0.25, -0.2) is 0 Å². The molecule has 7 bridgehead atoms. The SMILES string of the molecule is [B]c1cccc([B])c1[C@H]1c2c3cccc2[B][C@@]2(C[B]3)C[B]c3cccc2c31. The van der Waals surface area contributed by atoms with Gasteiger partial charge in [-0.2, -0.15) is 0 Å². The molecule has 0 aromatic heterocycles. The first kappa shape index (κ1) is 16.0. The Kier molecular flexibility index (Phi) is 3.26. The van der Waals surface area contributed by atoms with Crippen molar-refractivity contribution in [1.29, 1.82) is 0 Å². The average molecular weight is 332 g/mol. The molecule has 3 aromatic rings. The van der Waals surface area contributed by atoms with Crippen molar-refractivity contribution in [2.45, 2.75) is 23.9 Å². The molecule has 27 heavy (non-hydrogen) atoms. The molecule has 3 aliphatic rings. The predicted molar refractivity (Wildman–Crippen MR) is 119 cm³/mol. The van der Waals surface area contributed by atoms with Gasteiger partial charge < -0.3 is 0 Å². The highest BCUT2D eigenvalue weighted by molar-refractivity contribution is 6.69. The monoisotopic (exact) mass is 333 g/mol. The normalized spacial score (nSPS) is 23.5. The highest BCUT2D eigenvalue weighted by atomic mass is 14.4. The minimum Gasteiger partial charge on any atom is -0.0932 e. The van der Waals surface area contributed by atoms with E-state index in [1.807, 2.05) is 18.2 Å². The molecule has 3 heterocycles. The topological polar surface area (TPSA) is 0 Å². The van der Waals surface area contributed by atoms with Gasteiger partial charge in [0.15, 0.2) is 21.8 Å². The van der Waals surface area contributed by atoms with Crippen molar-refractivity contribution >= 4 is 64.8 Å². The van der Waals surface area contributed by atoms with Crippen LogP contribution < -0.4 is 27.3 Å². The molecule has 7 radical (unpaired) electrons. The molecule has 0 saturated heterocycles. The maximum atomic E-state index is 6.51. The van der Waals surface area contributed by atoms with Crippen molar-refractivity contribution in [2.24, 2.45) is 0 Å². The van der Waals surface area contributed by atoms with Crippen LogP contribution in [0.4, 0.5) is 0 Å². The van der Waals surface area contributed by atoms with Gasteiger partial charge in [0, 0.05) is 5.92 Å². The molecule has 3 aromatic carbocycles. The fraction of sp³-hybridized carbons (Fsp3) is 0.182. The van der Waals surface area contributed by atoms with E-state index < -0.39 is 0 Å². The molecular weight excluding hydrogens is 318 g/mol. The van der Waals surface area contributed by atoms with Gasteiger partial charge in [0.2, 0.25) is 0 Å². The van der Waals surface area contributed by atoms with Crippen LogP contribution in [0.3, 0.4) is 0 Å². The highest BCUT2D eigenvalue weighted by Crippen LogP contribution is 2.45. The van der Waals surface area contributed by atoms with E-state index in [9.17, 15) is 0 Å². The maximum absolute atomic E-state index is 6.51. The molecule has 0 aliphatic carbocycles. The van der Waals surface area contributed by atoms with Gasteiger partial charge in [0.25, 0.3) is 0 Å². The van der Waals surface area contributed by atoms with Gasteiger partial charge in [0.05, 0.1) is 0 Å². The largest absolute Gasteiger partial charge is 0.163 e. The summed E-state index contributed by atoms with van der Waals surface area (Å²) < 4.78 is 0. The number of hydrogen-bond donors (Lipinski definition) is 0. The molecule has 3 aliphatic heterocycles. The maximum Gasteiger partial charge on any atom is 0.163 e. The molecule has 0 nitrogen and oxygen atoms in total. The van der Waals surface area contributed by atoms with Gasteiger partial charge in [-0.1, -0.05) is 100 Å². The summed E-state index contributed by atoms with van der Waals surface area (Å²) >= 11 is 0. The molecule has 117 valence electrons. The zero-order chi connectivity index (χ0) is 18.2. The molecule has 1 spiro atoms. The van der Waals surface area contributed by atoms with Gasteiger partial charge in [-0.15, -0.1) is 0 Å². The molecule has 5 heteroatoms. The van der Waals surface area contributed by atoms with Gasteiger partial charge >= 0.3 is 0 Å². The fourth-order valence-electron chi connectivity index (χ4n) is 5.50. The van der Waals surface area contributed by atoms with Gasteiger partial charge in [0.1, 0.15) is 15.7 Å². The third-order valence-corrected chi connectivity index (χ3v) is 6.69. The second kappa shape index (κ2) is 5.50. The summed E-state index contributed by atoms with van der Waals surface area (Å²) in [6.45, 7) is 0. The van der Waals surface area contributed by atoms with Crippen LogP contribution in [0.15, 0.2) is 54.6 Å². The third kappa shape index (κ3) is 2.06. The lowest BCUT2D eigenvalue weighted by Crippen LogP contribution is -2.46. The molecular formula is C22H14B5. The van der Waals surface area contributed by atoms with Crippen LogP contribution in [0.25, 0.3) is 0 Å². The van der Waals surface area contributed by atoms with Crippen molar-refractivity contribution in [3.05, 3.63) is 76.9 Å². The fourth-order valence-corrected chi connectivity index (χ4v) is 5.50. The van der Waals surface area contributed by atoms with E-state index in [1.54, 1.807) is 0 Å². The first-order chi connectivity index (χ1) is 13.2. The average Bonchev–Trinajstić information content (AvgIpc) is 2.79. The zero-order valence-electron chi connectivity index (χ0n) is 15.1. The summed E-state index contributed by atoms with van der Waals surface area (Å²) in [4.78, 5) is 0. The molecule has 0 amide bonds. The summed E-state index contributed by atoms with van der Waals surface area (Å²) in [7, 11) is 20.3. The smallest absolute Gasteiger partial charge is 0.0932 e. The van der Waals surface area contributed by atoms with Crippen molar-refractivity contribution in [1.82, 2.24) is 0 Å². The lowest BCUT2D eigenvalue weighted by molar-refractivity contribution is 0.726. The summed E-state index contributed by atoms with van der Waals surface area (Å²) in [5, 5.41) is 0.0293. The lowest BCUT2D eigenvalue weighted by atomic mass is 9.33. The van der Waals surface area contributed by atoms with Crippen LogP contribution in [0.1, 0.15) is 28.2 Å². The van der Waals surface area contributed by atoms with E-state index >= 15 is 0 Å². The minimum atomic E-state index is 0.0293. The van der Waals surface area contributed by atoms with Crippen LogP contribution in [0, 0.1) is 0 Å². The zero-order valence-corrected chi connectivity index (χ0v) is 15.1. The Bertz CT molecular complexity index is 1090. The standard InChI is InChI=1S/C22H14B5/c23-13-5-2-6-14(24)19(13)21-18-12-4-1-7-15(18)25-10-22(12)11-26-16-8-3-9-17(27-22)20(16)21/h1-9,21H,10-11H2/t21-,22+/m0/s1. The van der Waals surface area contributed by atoms with Crippen LogP contribution in [0.2, 0.25) is 12.6 Å². The summed E-state index contributed by atoms with van der Waals surface area (Å²) in [6.07, 6.45) is 2.08. The van der Waals surface area contributed by atoms with Crippen molar-refractivity contribution in [2.75, 3.05) is 0 Å². The highest BCUT2D eigenvalue weighted by Gasteiger charge is 2.46. The lowest BCUT2D eigenvalue weighted by Gasteiger charge is -2.41. The molecule has 6 rings (SSSR count). The van der Waals surface area contributed by atoms with Crippen molar-refractivity contribution in [3.63, 3.8) is 0 Å². The van der Waals surface area contributed by atoms with Gasteiger partial charge in [-0.05, 0) is 22.0 Å².